The van der Waals surface area contributed by atoms with Crippen LogP contribution in [0.2, 0.25) is 0 Å². The van der Waals surface area contributed by atoms with Gasteiger partial charge >= 0.3 is 0 Å². The van der Waals surface area contributed by atoms with E-state index >= 15 is 0 Å². The SMILES string of the molecule is c1ccc(-c2cccc(-c3ccc(N(c4cccc(-c5cccc6ccccc56)c4)c4ccccc4-c4ccccc4)cc3)c2)cc1. The summed E-state index contributed by atoms with van der Waals surface area (Å²) in [6.45, 7) is 0. The summed E-state index contributed by atoms with van der Waals surface area (Å²) in [5, 5.41) is 2.50. The molecule has 0 atom stereocenters. The summed E-state index contributed by atoms with van der Waals surface area (Å²) in [7, 11) is 0. The van der Waals surface area contributed by atoms with Gasteiger partial charge < -0.3 is 4.90 Å². The molecule has 1 nitrogen and oxygen atoms in total. The smallest absolute Gasteiger partial charge is 0.0540 e. The molecule has 0 aliphatic rings. The summed E-state index contributed by atoms with van der Waals surface area (Å²) < 4.78 is 0. The molecule has 8 aromatic carbocycles. The lowest BCUT2D eigenvalue weighted by molar-refractivity contribution is 1.28. The molecule has 0 radical (unpaired) electrons. The van der Waals surface area contributed by atoms with Gasteiger partial charge in [-0.05, 0) is 86.1 Å². The molecular formula is C46H33N. The Balaban J connectivity index is 1.25. The number of anilines is 3. The number of fused-ring (bicyclic) bond motifs is 1. The van der Waals surface area contributed by atoms with Crippen molar-refractivity contribution in [3.05, 3.63) is 200 Å². The largest absolute Gasteiger partial charge is 0.310 e. The summed E-state index contributed by atoms with van der Waals surface area (Å²) in [4.78, 5) is 2.39. The predicted molar refractivity (Wildman–Crippen MR) is 200 cm³/mol. The fraction of sp³-hybridized carbons (Fsp3) is 0. The van der Waals surface area contributed by atoms with Gasteiger partial charge in [0.25, 0.3) is 0 Å². The van der Waals surface area contributed by atoms with Gasteiger partial charge in [-0.15, -0.1) is 0 Å². The summed E-state index contributed by atoms with van der Waals surface area (Å²) in [6.07, 6.45) is 0. The van der Waals surface area contributed by atoms with Gasteiger partial charge in [0.15, 0.2) is 0 Å². The molecule has 0 aliphatic carbocycles. The first kappa shape index (κ1) is 28.3. The standard InChI is InChI=1S/C46H33N/c1-3-14-34(15-4-1)38-20-11-21-39(32-38)35-28-30-41(31-29-35)47(46-27-10-9-25-45(46)37-16-5-2-6-17-37)42-23-12-22-40(33-42)44-26-13-19-36-18-7-8-24-43(36)44/h1-33H. The fourth-order valence-corrected chi connectivity index (χ4v) is 6.56. The summed E-state index contributed by atoms with van der Waals surface area (Å²) in [6, 6.07) is 71.8. The van der Waals surface area contributed by atoms with E-state index in [2.05, 4.69) is 205 Å². The molecule has 8 rings (SSSR count). The highest BCUT2D eigenvalue weighted by molar-refractivity contribution is 5.98. The van der Waals surface area contributed by atoms with Gasteiger partial charge in [-0.2, -0.15) is 0 Å². The Morgan fingerprint density at radius 3 is 1.60 bits per heavy atom. The second kappa shape index (κ2) is 12.7. The first-order chi connectivity index (χ1) is 23.3. The second-order valence-corrected chi connectivity index (χ2v) is 11.8. The van der Waals surface area contributed by atoms with E-state index in [1.807, 2.05) is 0 Å². The average Bonchev–Trinajstić information content (AvgIpc) is 3.16. The highest BCUT2D eigenvalue weighted by atomic mass is 15.1. The van der Waals surface area contributed by atoms with E-state index in [1.165, 1.54) is 55.3 Å². The maximum absolute atomic E-state index is 2.39. The third-order valence-corrected chi connectivity index (χ3v) is 8.86. The van der Waals surface area contributed by atoms with Crippen LogP contribution in [0.4, 0.5) is 17.1 Å². The van der Waals surface area contributed by atoms with E-state index in [0.29, 0.717) is 0 Å². The van der Waals surface area contributed by atoms with Gasteiger partial charge in [0, 0.05) is 16.9 Å². The fourth-order valence-electron chi connectivity index (χ4n) is 6.56. The zero-order chi connectivity index (χ0) is 31.4. The molecule has 0 spiro atoms. The highest BCUT2D eigenvalue weighted by Crippen LogP contribution is 2.42. The van der Waals surface area contributed by atoms with Crippen LogP contribution in [0, 0.1) is 0 Å². The van der Waals surface area contributed by atoms with Gasteiger partial charge in [0.2, 0.25) is 0 Å². The van der Waals surface area contributed by atoms with Gasteiger partial charge in [-0.1, -0.05) is 164 Å². The van der Waals surface area contributed by atoms with Crippen LogP contribution in [0.3, 0.4) is 0 Å². The lowest BCUT2D eigenvalue weighted by Crippen LogP contribution is -2.11. The van der Waals surface area contributed by atoms with Gasteiger partial charge in [0.1, 0.15) is 0 Å². The molecule has 47 heavy (non-hydrogen) atoms. The van der Waals surface area contributed by atoms with Gasteiger partial charge in [0.05, 0.1) is 5.69 Å². The molecule has 8 aromatic rings. The van der Waals surface area contributed by atoms with Crippen LogP contribution in [-0.2, 0) is 0 Å². The molecule has 0 saturated carbocycles. The summed E-state index contributed by atoms with van der Waals surface area (Å²) in [5.74, 6) is 0. The number of para-hydroxylation sites is 1. The van der Waals surface area contributed by atoms with Crippen LogP contribution in [0.15, 0.2) is 200 Å². The molecule has 1 heteroatoms. The maximum atomic E-state index is 2.39. The van der Waals surface area contributed by atoms with Gasteiger partial charge in [-0.25, -0.2) is 0 Å². The normalized spacial score (nSPS) is 11.0. The van der Waals surface area contributed by atoms with Crippen molar-refractivity contribution in [1.29, 1.82) is 0 Å². The first-order valence-electron chi connectivity index (χ1n) is 16.1. The van der Waals surface area contributed by atoms with Crippen molar-refractivity contribution in [1.82, 2.24) is 0 Å². The van der Waals surface area contributed by atoms with Crippen molar-refractivity contribution in [2.45, 2.75) is 0 Å². The number of rotatable bonds is 7. The van der Waals surface area contributed by atoms with Crippen molar-refractivity contribution in [2.24, 2.45) is 0 Å². The minimum Gasteiger partial charge on any atom is -0.310 e. The van der Waals surface area contributed by atoms with Crippen LogP contribution in [0.25, 0.3) is 55.3 Å². The third kappa shape index (κ3) is 5.72. The Morgan fingerprint density at radius 1 is 0.277 bits per heavy atom. The Kier molecular flexibility index (Phi) is 7.63. The molecule has 0 heterocycles. The minimum atomic E-state index is 1.10. The van der Waals surface area contributed by atoms with Crippen molar-refractivity contribution < 1.29 is 0 Å². The molecule has 0 aliphatic heterocycles. The zero-order valence-corrected chi connectivity index (χ0v) is 26.0. The van der Waals surface area contributed by atoms with Crippen molar-refractivity contribution >= 4 is 27.8 Å². The van der Waals surface area contributed by atoms with E-state index in [0.717, 1.165) is 17.1 Å². The molecule has 222 valence electrons. The lowest BCUT2D eigenvalue weighted by atomic mass is 9.97. The molecule has 0 bridgehead atoms. The topological polar surface area (TPSA) is 3.24 Å². The maximum Gasteiger partial charge on any atom is 0.0540 e. The minimum absolute atomic E-state index is 1.10. The van der Waals surface area contributed by atoms with Crippen molar-refractivity contribution in [2.75, 3.05) is 4.90 Å². The monoisotopic (exact) mass is 599 g/mol. The van der Waals surface area contributed by atoms with E-state index < -0.39 is 0 Å². The van der Waals surface area contributed by atoms with E-state index in [9.17, 15) is 0 Å². The molecule has 0 unspecified atom stereocenters. The second-order valence-electron chi connectivity index (χ2n) is 11.8. The van der Waals surface area contributed by atoms with Crippen LogP contribution < -0.4 is 4.90 Å². The molecule has 0 aromatic heterocycles. The van der Waals surface area contributed by atoms with Gasteiger partial charge in [-0.3, -0.25) is 0 Å². The molecule has 0 saturated heterocycles. The Labute approximate surface area is 276 Å². The third-order valence-electron chi connectivity index (χ3n) is 8.86. The highest BCUT2D eigenvalue weighted by Gasteiger charge is 2.18. The van der Waals surface area contributed by atoms with E-state index in [1.54, 1.807) is 0 Å². The summed E-state index contributed by atoms with van der Waals surface area (Å²) >= 11 is 0. The zero-order valence-electron chi connectivity index (χ0n) is 26.0. The quantitative estimate of drug-likeness (QED) is 0.176. The lowest BCUT2D eigenvalue weighted by Gasteiger charge is -2.28. The predicted octanol–water partition coefficient (Wildman–Crippen LogP) is 13.0. The van der Waals surface area contributed by atoms with Crippen LogP contribution in [0.1, 0.15) is 0 Å². The number of hydrogen-bond donors (Lipinski definition) is 0. The Morgan fingerprint density at radius 2 is 0.809 bits per heavy atom. The number of nitrogens with zero attached hydrogens (tertiary/aromatic N) is 1. The average molecular weight is 600 g/mol. The molecule has 0 fully saturated rings. The van der Waals surface area contributed by atoms with Crippen molar-refractivity contribution in [3.63, 3.8) is 0 Å². The van der Waals surface area contributed by atoms with Crippen LogP contribution in [-0.4, -0.2) is 0 Å². The van der Waals surface area contributed by atoms with Crippen LogP contribution >= 0.6 is 0 Å². The molecular weight excluding hydrogens is 567 g/mol. The first-order valence-corrected chi connectivity index (χ1v) is 16.1. The Hall–Kier alpha value is -6.18. The number of hydrogen-bond acceptors (Lipinski definition) is 1. The summed E-state index contributed by atoms with van der Waals surface area (Å²) in [5.41, 5.74) is 13.0. The van der Waals surface area contributed by atoms with E-state index in [4.69, 9.17) is 0 Å². The Bertz CT molecular complexity index is 2280. The van der Waals surface area contributed by atoms with E-state index in [-0.39, 0.29) is 0 Å². The van der Waals surface area contributed by atoms with Crippen LogP contribution in [0.5, 0.6) is 0 Å². The number of benzene rings is 8. The molecule has 0 amide bonds. The van der Waals surface area contributed by atoms with Crippen molar-refractivity contribution in [3.8, 4) is 44.5 Å². The molecule has 0 N–H and O–H groups in total.